The van der Waals surface area contributed by atoms with Gasteiger partial charge in [0.15, 0.2) is 0 Å². The van der Waals surface area contributed by atoms with Crippen LogP contribution >= 0.6 is 0 Å². The molecule has 2 amide bonds. The van der Waals surface area contributed by atoms with Gasteiger partial charge in [0.2, 0.25) is 11.8 Å². The number of hydrogen-bond donors (Lipinski definition) is 1. The number of piperidine rings is 1. The molecule has 1 aliphatic rings. The number of nitrogens with zero attached hydrogens (tertiary/aromatic N) is 3. The summed E-state index contributed by atoms with van der Waals surface area (Å²) in [7, 11) is 3.38. The summed E-state index contributed by atoms with van der Waals surface area (Å²) in [6.07, 6.45) is 1.44. The number of ether oxygens (including phenoxy) is 1. The highest BCUT2D eigenvalue weighted by molar-refractivity contribution is 5.84. The van der Waals surface area contributed by atoms with Crippen molar-refractivity contribution in [1.82, 2.24) is 19.8 Å². The average molecular weight is 439 g/mol. The van der Waals surface area contributed by atoms with E-state index in [1.807, 2.05) is 24.3 Å². The van der Waals surface area contributed by atoms with Crippen molar-refractivity contribution in [3.05, 3.63) is 59.7 Å². The lowest BCUT2D eigenvalue weighted by Crippen LogP contribution is -2.46. The van der Waals surface area contributed by atoms with Gasteiger partial charge in [-0.05, 0) is 30.7 Å². The van der Waals surface area contributed by atoms with Crippen LogP contribution in [0.1, 0.15) is 24.2 Å². The smallest absolute Gasteiger partial charge is 0.227 e. The Balaban J connectivity index is 1.36. The minimum atomic E-state index is -0.315. The molecule has 1 aliphatic heterocycles. The van der Waals surface area contributed by atoms with Crippen molar-refractivity contribution in [2.24, 2.45) is 5.92 Å². The van der Waals surface area contributed by atoms with Crippen LogP contribution in [0.4, 0.5) is 4.39 Å². The maximum absolute atomic E-state index is 13.4. The summed E-state index contributed by atoms with van der Waals surface area (Å²) >= 11 is 0. The van der Waals surface area contributed by atoms with E-state index in [4.69, 9.17) is 4.74 Å². The molecule has 168 valence electrons. The molecule has 0 bridgehead atoms. The van der Waals surface area contributed by atoms with Crippen molar-refractivity contribution in [3.8, 4) is 5.75 Å². The number of halogens is 1. The second kappa shape index (κ2) is 9.38. The Morgan fingerprint density at radius 2 is 2.12 bits per heavy atom. The Hall–Kier alpha value is -3.42. The van der Waals surface area contributed by atoms with Crippen molar-refractivity contribution < 1.29 is 18.7 Å². The Kier molecular flexibility index (Phi) is 6.39. The van der Waals surface area contributed by atoms with Gasteiger partial charge in [0.1, 0.15) is 17.4 Å². The molecule has 32 heavy (non-hydrogen) atoms. The molecule has 1 aromatic heterocycles. The van der Waals surface area contributed by atoms with E-state index < -0.39 is 0 Å². The van der Waals surface area contributed by atoms with E-state index in [0.717, 1.165) is 11.3 Å². The first-order valence-corrected chi connectivity index (χ1v) is 10.7. The quantitative estimate of drug-likeness (QED) is 0.615. The van der Waals surface area contributed by atoms with Crippen molar-refractivity contribution in [2.45, 2.75) is 25.8 Å². The van der Waals surface area contributed by atoms with Crippen LogP contribution in [0.25, 0.3) is 11.0 Å². The number of aromatic amines is 1. The number of methoxy groups -OCH3 is 1. The predicted octanol–water partition coefficient (Wildman–Crippen LogP) is 3.15. The molecule has 0 unspecified atom stereocenters. The first-order valence-electron chi connectivity index (χ1n) is 10.7. The van der Waals surface area contributed by atoms with E-state index in [0.29, 0.717) is 55.8 Å². The molecule has 4 rings (SSSR count). The summed E-state index contributed by atoms with van der Waals surface area (Å²) < 4.78 is 18.8. The highest BCUT2D eigenvalue weighted by atomic mass is 19.1. The molecule has 1 atom stereocenters. The monoisotopic (exact) mass is 438 g/mol. The van der Waals surface area contributed by atoms with Crippen LogP contribution in [0.15, 0.2) is 42.5 Å². The minimum absolute atomic E-state index is 0.0182. The average Bonchev–Trinajstić information content (AvgIpc) is 3.20. The number of hydrogen-bond acceptors (Lipinski definition) is 4. The summed E-state index contributed by atoms with van der Waals surface area (Å²) in [5.41, 5.74) is 2.27. The number of aromatic nitrogens is 2. The number of benzene rings is 2. The van der Waals surface area contributed by atoms with Gasteiger partial charge in [0, 0.05) is 45.1 Å². The summed E-state index contributed by atoms with van der Waals surface area (Å²) in [6, 6.07) is 12.0. The second-order valence-electron chi connectivity index (χ2n) is 8.18. The number of rotatable bonds is 7. The topological polar surface area (TPSA) is 78.5 Å². The van der Waals surface area contributed by atoms with Gasteiger partial charge in [-0.3, -0.25) is 9.59 Å². The zero-order chi connectivity index (χ0) is 22.7. The Labute approximate surface area is 186 Å². The third-order valence-electron chi connectivity index (χ3n) is 5.96. The molecule has 0 saturated carbocycles. The van der Waals surface area contributed by atoms with Crippen LogP contribution < -0.4 is 4.74 Å². The maximum Gasteiger partial charge on any atom is 0.227 e. The SMILES string of the molecule is COc1ccccc1CN1C[C@H](C(=O)N(C)CCc2nc3ccc(F)cc3[nH]2)CCC1=O. The Bertz CT molecular complexity index is 1130. The number of likely N-dealkylation sites (N-methyl/N-ethyl adjacent to an activating group) is 1. The van der Waals surface area contributed by atoms with Crippen LogP contribution in [-0.4, -0.2) is 58.8 Å². The summed E-state index contributed by atoms with van der Waals surface area (Å²) in [5, 5.41) is 0. The number of para-hydroxylation sites is 1. The lowest BCUT2D eigenvalue weighted by molar-refractivity contribution is -0.142. The number of imidazole rings is 1. The van der Waals surface area contributed by atoms with E-state index in [2.05, 4.69) is 9.97 Å². The number of nitrogens with one attached hydrogen (secondary N) is 1. The molecule has 1 saturated heterocycles. The normalized spacial score (nSPS) is 16.4. The lowest BCUT2D eigenvalue weighted by atomic mass is 9.95. The molecule has 8 heteroatoms. The van der Waals surface area contributed by atoms with Crippen LogP contribution in [0.5, 0.6) is 5.75 Å². The largest absolute Gasteiger partial charge is 0.496 e. The molecule has 2 heterocycles. The van der Waals surface area contributed by atoms with Gasteiger partial charge in [-0.25, -0.2) is 9.37 Å². The summed E-state index contributed by atoms with van der Waals surface area (Å²) in [5.74, 6) is 0.960. The third kappa shape index (κ3) is 4.74. The number of likely N-dealkylation sites (tertiary alicyclic amines) is 1. The highest BCUT2D eigenvalue weighted by Gasteiger charge is 2.32. The van der Waals surface area contributed by atoms with Crippen molar-refractivity contribution in [3.63, 3.8) is 0 Å². The predicted molar refractivity (Wildman–Crippen MR) is 119 cm³/mol. The molecule has 3 aromatic rings. The van der Waals surface area contributed by atoms with E-state index >= 15 is 0 Å². The van der Waals surface area contributed by atoms with E-state index in [1.54, 1.807) is 30.0 Å². The number of carbonyl (C=O) groups excluding carboxylic acids is 2. The fourth-order valence-corrected chi connectivity index (χ4v) is 4.16. The van der Waals surface area contributed by atoms with Crippen LogP contribution in [0, 0.1) is 11.7 Å². The molecule has 1 fully saturated rings. The molecule has 0 spiro atoms. The van der Waals surface area contributed by atoms with Gasteiger partial charge in [-0.2, -0.15) is 0 Å². The van der Waals surface area contributed by atoms with Gasteiger partial charge in [-0.15, -0.1) is 0 Å². The molecular weight excluding hydrogens is 411 g/mol. The van der Waals surface area contributed by atoms with Crippen molar-refractivity contribution in [2.75, 3.05) is 27.2 Å². The van der Waals surface area contributed by atoms with Crippen LogP contribution in [0.3, 0.4) is 0 Å². The van der Waals surface area contributed by atoms with Gasteiger partial charge >= 0.3 is 0 Å². The van der Waals surface area contributed by atoms with Crippen molar-refractivity contribution >= 4 is 22.8 Å². The first-order chi connectivity index (χ1) is 15.4. The standard InChI is InChI=1S/C24H27FN4O3/c1-28(12-11-22-26-19-9-8-18(25)13-20(19)27-22)24(31)17-7-10-23(30)29(15-17)14-16-5-3-4-6-21(16)32-2/h3-6,8-9,13,17H,7,10-12,14-15H2,1-2H3,(H,26,27)/t17-/m1/s1. The Morgan fingerprint density at radius 1 is 1.31 bits per heavy atom. The number of fused-ring (bicyclic) bond motifs is 1. The van der Waals surface area contributed by atoms with Crippen LogP contribution in [-0.2, 0) is 22.6 Å². The molecular formula is C24H27FN4O3. The summed E-state index contributed by atoms with van der Waals surface area (Å²) in [6.45, 7) is 1.30. The van der Waals surface area contributed by atoms with Crippen LogP contribution in [0.2, 0.25) is 0 Å². The molecule has 2 aromatic carbocycles. The molecule has 0 radical (unpaired) electrons. The van der Waals surface area contributed by atoms with Gasteiger partial charge in [-0.1, -0.05) is 18.2 Å². The van der Waals surface area contributed by atoms with Gasteiger partial charge in [0.05, 0.1) is 24.1 Å². The van der Waals surface area contributed by atoms with Gasteiger partial charge in [0.25, 0.3) is 0 Å². The minimum Gasteiger partial charge on any atom is -0.496 e. The number of H-pyrrole nitrogens is 1. The van der Waals surface area contributed by atoms with Gasteiger partial charge < -0.3 is 19.5 Å². The van der Waals surface area contributed by atoms with Crippen molar-refractivity contribution in [1.29, 1.82) is 0 Å². The lowest BCUT2D eigenvalue weighted by Gasteiger charge is -2.34. The van der Waals surface area contributed by atoms with E-state index in [1.165, 1.54) is 12.1 Å². The fraction of sp³-hybridized carbons (Fsp3) is 0.375. The van der Waals surface area contributed by atoms with E-state index in [9.17, 15) is 14.0 Å². The molecule has 0 aliphatic carbocycles. The summed E-state index contributed by atoms with van der Waals surface area (Å²) in [4.78, 5) is 36.5. The third-order valence-corrected chi connectivity index (χ3v) is 5.96. The molecule has 7 nitrogen and oxygen atoms in total. The molecule has 1 N–H and O–H groups in total. The van der Waals surface area contributed by atoms with E-state index in [-0.39, 0.29) is 23.5 Å². The second-order valence-corrected chi connectivity index (χ2v) is 8.18. The first kappa shape index (κ1) is 21.8. The highest BCUT2D eigenvalue weighted by Crippen LogP contribution is 2.25. The number of amides is 2. The zero-order valence-corrected chi connectivity index (χ0v) is 18.3. The maximum atomic E-state index is 13.4. The fourth-order valence-electron chi connectivity index (χ4n) is 4.16. The zero-order valence-electron chi connectivity index (χ0n) is 18.3. The number of carbonyl (C=O) groups is 2. The Morgan fingerprint density at radius 3 is 2.94 bits per heavy atom.